The van der Waals surface area contributed by atoms with Crippen molar-refractivity contribution in [2.45, 2.75) is 84.8 Å². The van der Waals surface area contributed by atoms with Gasteiger partial charge in [-0.1, -0.05) is 33.8 Å². The first-order valence-corrected chi connectivity index (χ1v) is 12.7. The van der Waals surface area contributed by atoms with Crippen molar-refractivity contribution in [1.82, 2.24) is 0 Å². The molecule has 2 bridgehead atoms. The molecule has 8 nitrogen and oxygen atoms in total. The molecule has 0 aromatic heterocycles. The fourth-order valence-electron chi connectivity index (χ4n) is 7.63. The van der Waals surface area contributed by atoms with E-state index in [1.165, 1.54) is 6.92 Å². The van der Waals surface area contributed by atoms with Crippen LogP contribution in [0.2, 0.25) is 0 Å². The standard InChI is InChI=1S/C27H36O8/c1-6-7-8-21(30)35-23-17-9-10-18-26(14-33-24(32)27(18,23)22(31)15(17)2)19(13-28)25(4,5)12-11-20(26)34-16(3)29/h13,17-20,23H,2,6-12,14H2,1,3-5H3/t17-,18+,19-,20+,23-,26+,27+/m1/s1. The maximum absolute atomic E-state index is 13.9. The van der Waals surface area contributed by atoms with Crippen LogP contribution >= 0.6 is 0 Å². The van der Waals surface area contributed by atoms with Crippen LogP contribution in [-0.4, -0.2) is 48.8 Å². The molecule has 8 heteroatoms. The Morgan fingerprint density at radius 2 is 1.89 bits per heavy atom. The number of cyclic esters (lactones) is 1. The number of carbonyl (C=O) groups excluding carboxylic acids is 5. The van der Waals surface area contributed by atoms with Gasteiger partial charge in [0.25, 0.3) is 0 Å². The Hall–Kier alpha value is -2.51. The highest BCUT2D eigenvalue weighted by Gasteiger charge is 2.79. The third-order valence-corrected chi connectivity index (χ3v) is 9.19. The van der Waals surface area contributed by atoms with E-state index < -0.39 is 69.9 Å². The molecule has 0 aromatic rings. The number of carbonyl (C=O) groups is 5. The molecule has 1 aliphatic heterocycles. The summed E-state index contributed by atoms with van der Waals surface area (Å²) in [5.74, 6) is -3.99. The highest BCUT2D eigenvalue weighted by molar-refractivity contribution is 6.16. The van der Waals surface area contributed by atoms with Crippen LogP contribution in [0.15, 0.2) is 12.2 Å². The molecule has 4 aliphatic rings. The zero-order valence-corrected chi connectivity index (χ0v) is 21.1. The molecular formula is C27H36O8. The number of esters is 3. The lowest BCUT2D eigenvalue weighted by Crippen LogP contribution is -2.71. The van der Waals surface area contributed by atoms with Gasteiger partial charge in [-0.2, -0.15) is 0 Å². The number of aldehydes is 1. The summed E-state index contributed by atoms with van der Waals surface area (Å²) in [5, 5.41) is 0. The number of ketones is 1. The first kappa shape index (κ1) is 25.6. The summed E-state index contributed by atoms with van der Waals surface area (Å²) >= 11 is 0. The van der Waals surface area contributed by atoms with Gasteiger partial charge >= 0.3 is 17.9 Å². The Morgan fingerprint density at radius 1 is 1.17 bits per heavy atom. The Labute approximate surface area is 206 Å². The summed E-state index contributed by atoms with van der Waals surface area (Å²) in [4.78, 5) is 65.1. The minimum atomic E-state index is -1.78. The lowest BCUT2D eigenvalue weighted by molar-refractivity contribution is -0.252. The fourth-order valence-corrected chi connectivity index (χ4v) is 7.63. The van der Waals surface area contributed by atoms with Crippen molar-refractivity contribution >= 4 is 30.0 Å². The van der Waals surface area contributed by atoms with E-state index in [4.69, 9.17) is 14.2 Å². The largest absolute Gasteiger partial charge is 0.464 e. The van der Waals surface area contributed by atoms with E-state index in [0.29, 0.717) is 32.1 Å². The van der Waals surface area contributed by atoms with Gasteiger partial charge in [-0.15, -0.1) is 0 Å². The molecule has 3 saturated carbocycles. The summed E-state index contributed by atoms with van der Waals surface area (Å²) in [6, 6.07) is 0. The number of ether oxygens (including phenoxy) is 3. The number of unbranched alkanes of at least 4 members (excludes halogenated alkanes) is 1. The van der Waals surface area contributed by atoms with Crippen LogP contribution in [-0.2, 0) is 38.2 Å². The quantitative estimate of drug-likeness (QED) is 0.184. The smallest absolute Gasteiger partial charge is 0.324 e. The van der Waals surface area contributed by atoms with Crippen molar-refractivity contribution in [3.8, 4) is 0 Å². The predicted octanol–water partition coefficient (Wildman–Crippen LogP) is 3.35. The van der Waals surface area contributed by atoms with Gasteiger partial charge in [0.1, 0.15) is 25.1 Å². The second kappa shape index (κ2) is 8.86. The maximum Gasteiger partial charge on any atom is 0.324 e. The molecule has 1 saturated heterocycles. The van der Waals surface area contributed by atoms with Crippen LogP contribution in [0.25, 0.3) is 0 Å². The van der Waals surface area contributed by atoms with Crippen molar-refractivity contribution in [3.05, 3.63) is 12.2 Å². The van der Waals surface area contributed by atoms with Crippen molar-refractivity contribution in [1.29, 1.82) is 0 Å². The molecule has 0 radical (unpaired) electrons. The minimum Gasteiger partial charge on any atom is -0.464 e. The Bertz CT molecular complexity index is 966. The number of hydrogen-bond acceptors (Lipinski definition) is 8. The van der Waals surface area contributed by atoms with Gasteiger partial charge in [0.05, 0.1) is 5.41 Å². The van der Waals surface area contributed by atoms with Gasteiger partial charge in [0, 0.05) is 25.2 Å². The van der Waals surface area contributed by atoms with E-state index in [1.54, 1.807) is 0 Å². The zero-order valence-electron chi connectivity index (χ0n) is 21.1. The van der Waals surface area contributed by atoms with E-state index in [9.17, 15) is 24.0 Å². The van der Waals surface area contributed by atoms with Crippen LogP contribution in [0, 0.1) is 34.0 Å². The minimum absolute atomic E-state index is 0.135. The van der Waals surface area contributed by atoms with Crippen LogP contribution < -0.4 is 0 Å². The molecular weight excluding hydrogens is 452 g/mol. The molecule has 0 unspecified atom stereocenters. The third-order valence-electron chi connectivity index (χ3n) is 9.19. The molecule has 2 spiro atoms. The van der Waals surface area contributed by atoms with Gasteiger partial charge < -0.3 is 19.0 Å². The van der Waals surface area contributed by atoms with Gasteiger partial charge in [0.15, 0.2) is 11.2 Å². The van der Waals surface area contributed by atoms with E-state index in [2.05, 4.69) is 6.58 Å². The molecule has 1 heterocycles. The monoisotopic (exact) mass is 488 g/mol. The summed E-state index contributed by atoms with van der Waals surface area (Å²) in [5.41, 5.74) is -3.11. The molecule has 4 fully saturated rings. The van der Waals surface area contributed by atoms with E-state index in [0.717, 1.165) is 12.7 Å². The summed E-state index contributed by atoms with van der Waals surface area (Å²) in [6.07, 6.45) is 2.75. The first-order chi connectivity index (χ1) is 16.5. The predicted molar refractivity (Wildman–Crippen MR) is 124 cm³/mol. The summed E-state index contributed by atoms with van der Waals surface area (Å²) in [7, 11) is 0. The number of Topliss-reactive ketones (excluding diaryl/α,β-unsaturated/α-hetero) is 1. The third kappa shape index (κ3) is 3.50. The van der Waals surface area contributed by atoms with Crippen molar-refractivity contribution in [2.24, 2.45) is 34.0 Å². The van der Waals surface area contributed by atoms with E-state index >= 15 is 0 Å². The topological polar surface area (TPSA) is 113 Å². The van der Waals surface area contributed by atoms with Gasteiger partial charge in [-0.3, -0.25) is 19.2 Å². The van der Waals surface area contributed by atoms with Crippen LogP contribution in [0.4, 0.5) is 0 Å². The lowest BCUT2D eigenvalue weighted by atomic mass is 9.43. The second-order valence-corrected chi connectivity index (χ2v) is 11.4. The average Bonchev–Trinajstić information content (AvgIpc) is 2.91. The lowest BCUT2D eigenvalue weighted by Gasteiger charge is -2.62. The van der Waals surface area contributed by atoms with Crippen molar-refractivity contribution in [3.63, 3.8) is 0 Å². The van der Waals surface area contributed by atoms with Gasteiger partial charge in [-0.05, 0) is 49.0 Å². The molecule has 192 valence electrons. The molecule has 7 atom stereocenters. The Balaban J connectivity index is 1.89. The number of fused-ring (bicyclic) bond motifs is 2. The zero-order chi connectivity index (χ0) is 25.8. The second-order valence-electron chi connectivity index (χ2n) is 11.4. The maximum atomic E-state index is 13.9. The van der Waals surface area contributed by atoms with Crippen molar-refractivity contribution in [2.75, 3.05) is 6.61 Å². The molecule has 4 rings (SSSR count). The average molecular weight is 489 g/mol. The van der Waals surface area contributed by atoms with Gasteiger partial charge in [0.2, 0.25) is 0 Å². The highest BCUT2D eigenvalue weighted by atomic mass is 16.6. The van der Waals surface area contributed by atoms with Crippen LogP contribution in [0.1, 0.15) is 72.6 Å². The first-order valence-electron chi connectivity index (χ1n) is 12.7. The van der Waals surface area contributed by atoms with Crippen LogP contribution in [0.3, 0.4) is 0 Å². The summed E-state index contributed by atoms with van der Waals surface area (Å²) in [6.45, 7) is 11.1. The Morgan fingerprint density at radius 3 is 2.51 bits per heavy atom. The van der Waals surface area contributed by atoms with Crippen LogP contribution in [0.5, 0.6) is 0 Å². The Kier molecular flexibility index (Phi) is 6.47. The fraction of sp³-hybridized carbons (Fsp3) is 0.741. The normalized spacial score (nSPS) is 39.5. The summed E-state index contributed by atoms with van der Waals surface area (Å²) < 4.78 is 17.5. The SMILES string of the molecule is C=C1C(=O)[C@@]23C(=O)OC[C@]4([C@@H](OC(C)=O)CCC(C)(C)[C@H]4C=O)[C@@H]2CC[C@H]1[C@H]3OC(=O)CCCC. The van der Waals surface area contributed by atoms with E-state index in [-0.39, 0.29) is 18.6 Å². The van der Waals surface area contributed by atoms with Crippen molar-refractivity contribution < 1.29 is 38.2 Å². The van der Waals surface area contributed by atoms with Gasteiger partial charge in [-0.25, -0.2) is 0 Å². The molecule has 0 amide bonds. The number of rotatable bonds is 6. The molecule has 0 N–H and O–H groups in total. The highest BCUT2D eigenvalue weighted by Crippen LogP contribution is 2.68. The molecule has 35 heavy (non-hydrogen) atoms. The van der Waals surface area contributed by atoms with E-state index in [1.807, 2.05) is 20.8 Å². The molecule has 0 aromatic carbocycles. The molecule has 3 aliphatic carbocycles. The number of hydrogen-bond donors (Lipinski definition) is 0.